The molecular formula is C14H21NO3S. The zero-order valence-corrected chi connectivity index (χ0v) is 12.7. The number of ether oxygens (including phenoxy) is 1. The summed E-state index contributed by atoms with van der Waals surface area (Å²) in [5.41, 5.74) is -0.530. The molecule has 0 spiro atoms. The van der Waals surface area contributed by atoms with E-state index in [9.17, 15) is 9.90 Å². The van der Waals surface area contributed by atoms with E-state index in [4.69, 9.17) is 4.74 Å². The number of amides is 1. The van der Waals surface area contributed by atoms with Crippen LogP contribution in [0.2, 0.25) is 0 Å². The molecule has 0 bridgehead atoms. The Bertz CT molecular complexity index is 417. The summed E-state index contributed by atoms with van der Waals surface area (Å²) in [4.78, 5) is 14.6. The van der Waals surface area contributed by atoms with Gasteiger partial charge in [0.2, 0.25) is 5.91 Å². The molecule has 0 aliphatic carbocycles. The van der Waals surface area contributed by atoms with E-state index in [0.717, 1.165) is 10.6 Å². The van der Waals surface area contributed by atoms with E-state index in [1.165, 1.54) is 11.8 Å². The second-order valence-corrected chi connectivity index (χ2v) is 5.94. The van der Waals surface area contributed by atoms with Crippen molar-refractivity contribution in [3.63, 3.8) is 0 Å². The number of aliphatic hydroxyl groups excluding tert-OH is 1. The summed E-state index contributed by atoms with van der Waals surface area (Å²) in [5, 5.41) is 9.24. The Morgan fingerprint density at radius 2 is 1.95 bits per heavy atom. The largest absolute Gasteiger partial charge is 0.497 e. The highest BCUT2D eigenvalue weighted by molar-refractivity contribution is 8.00. The minimum atomic E-state index is -0.530. The number of hydrogen-bond acceptors (Lipinski definition) is 4. The van der Waals surface area contributed by atoms with Gasteiger partial charge in [0.1, 0.15) is 5.75 Å². The van der Waals surface area contributed by atoms with E-state index in [2.05, 4.69) is 0 Å². The number of methoxy groups -OCH3 is 1. The first-order valence-corrected chi connectivity index (χ1v) is 7.03. The van der Waals surface area contributed by atoms with Gasteiger partial charge >= 0.3 is 0 Å². The van der Waals surface area contributed by atoms with Crippen LogP contribution in [0.25, 0.3) is 0 Å². The Morgan fingerprint density at radius 3 is 2.42 bits per heavy atom. The van der Waals surface area contributed by atoms with Crippen molar-refractivity contribution in [2.45, 2.75) is 24.3 Å². The number of thioether (sulfide) groups is 1. The maximum atomic E-state index is 12.0. The average Bonchev–Trinajstić information content (AvgIpc) is 2.44. The Morgan fingerprint density at radius 1 is 1.37 bits per heavy atom. The molecule has 19 heavy (non-hydrogen) atoms. The van der Waals surface area contributed by atoms with Gasteiger partial charge in [-0.3, -0.25) is 4.79 Å². The summed E-state index contributed by atoms with van der Waals surface area (Å²) in [5.74, 6) is 1.15. The highest BCUT2D eigenvalue weighted by Crippen LogP contribution is 2.22. The van der Waals surface area contributed by atoms with Crippen LogP contribution in [0.3, 0.4) is 0 Å². The van der Waals surface area contributed by atoms with E-state index in [-0.39, 0.29) is 12.5 Å². The molecule has 0 unspecified atom stereocenters. The lowest BCUT2D eigenvalue weighted by Gasteiger charge is -2.33. The van der Waals surface area contributed by atoms with Crippen LogP contribution in [0.5, 0.6) is 5.75 Å². The van der Waals surface area contributed by atoms with Crippen molar-refractivity contribution in [2.75, 3.05) is 26.5 Å². The second kappa shape index (κ2) is 6.82. The third-order valence-corrected chi connectivity index (χ3v) is 4.09. The van der Waals surface area contributed by atoms with Gasteiger partial charge in [-0.25, -0.2) is 0 Å². The molecule has 0 saturated carbocycles. The molecule has 1 N–H and O–H groups in total. The topological polar surface area (TPSA) is 49.8 Å². The molecular weight excluding hydrogens is 262 g/mol. The molecule has 0 radical (unpaired) electrons. The number of carbonyl (C=O) groups excluding carboxylic acids is 1. The van der Waals surface area contributed by atoms with Crippen LogP contribution in [-0.2, 0) is 4.79 Å². The van der Waals surface area contributed by atoms with Crippen LogP contribution < -0.4 is 4.74 Å². The maximum Gasteiger partial charge on any atom is 0.233 e. The van der Waals surface area contributed by atoms with Gasteiger partial charge in [0, 0.05) is 11.9 Å². The fourth-order valence-corrected chi connectivity index (χ4v) is 2.17. The van der Waals surface area contributed by atoms with Crippen LogP contribution in [-0.4, -0.2) is 48.0 Å². The van der Waals surface area contributed by atoms with Crippen molar-refractivity contribution in [1.82, 2.24) is 4.90 Å². The van der Waals surface area contributed by atoms with E-state index in [1.54, 1.807) is 19.1 Å². The van der Waals surface area contributed by atoms with Crippen molar-refractivity contribution in [3.05, 3.63) is 24.3 Å². The van der Waals surface area contributed by atoms with Crippen LogP contribution in [0.4, 0.5) is 0 Å². The normalized spacial score (nSPS) is 11.2. The van der Waals surface area contributed by atoms with Crippen LogP contribution in [0, 0.1) is 0 Å². The monoisotopic (exact) mass is 283 g/mol. The molecule has 0 fully saturated rings. The SMILES string of the molecule is COc1ccc(SCC(=O)N(C)C(C)(C)CO)cc1. The van der Waals surface area contributed by atoms with E-state index in [0.29, 0.717) is 5.75 Å². The fraction of sp³-hybridized carbons (Fsp3) is 0.500. The summed E-state index contributed by atoms with van der Waals surface area (Å²) < 4.78 is 5.08. The molecule has 0 heterocycles. The molecule has 5 heteroatoms. The van der Waals surface area contributed by atoms with Crippen LogP contribution in [0.15, 0.2) is 29.2 Å². The Balaban J connectivity index is 2.54. The molecule has 0 aliphatic rings. The zero-order chi connectivity index (χ0) is 14.5. The zero-order valence-electron chi connectivity index (χ0n) is 11.8. The number of rotatable bonds is 6. The maximum absolute atomic E-state index is 12.0. The predicted molar refractivity (Wildman–Crippen MR) is 77.7 cm³/mol. The molecule has 0 aromatic heterocycles. The third kappa shape index (κ3) is 4.44. The number of nitrogens with zero attached hydrogens (tertiary/aromatic N) is 1. The summed E-state index contributed by atoms with van der Waals surface area (Å²) in [7, 11) is 3.34. The van der Waals surface area contributed by atoms with Crippen molar-refractivity contribution in [3.8, 4) is 5.75 Å². The minimum absolute atomic E-state index is 0.000122. The van der Waals surface area contributed by atoms with Gasteiger partial charge in [-0.2, -0.15) is 0 Å². The first-order valence-electron chi connectivity index (χ1n) is 6.05. The number of hydrogen-bond donors (Lipinski definition) is 1. The van der Waals surface area contributed by atoms with E-state index < -0.39 is 5.54 Å². The Labute approximate surface area is 118 Å². The lowest BCUT2D eigenvalue weighted by molar-refractivity contribution is -0.133. The average molecular weight is 283 g/mol. The van der Waals surface area contributed by atoms with Crippen LogP contribution in [0.1, 0.15) is 13.8 Å². The number of likely N-dealkylation sites (N-methyl/N-ethyl adjacent to an activating group) is 1. The van der Waals surface area contributed by atoms with E-state index in [1.807, 2.05) is 38.1 Å². The highest BCUT2D eigenvalue weighted by Gasteiger charge is 2.26. The van der Waals surface area contributed by atoms with Gasteiger partial charge < -0.3 is 14.7 Å². The standard InChI is InChI=1S/C14H21NO3S/c1-14(2,10-16)15(3)13(17)9-19-12-7-5-11(18-4)6-8-12/h5-8,16H,9-10H2,1-4H3. The molecule has 0 aliphatic heterocycles. The van der Waals surface area contributed by atoms with Gasteiger partial charge in [-0.15, -0.1) is 11.8 Å². The van der Waals surface area contributed by atoms with Gasteiger partial charge in [-0.05, 0) is 38.1 Å². The van der Waals surface area contributed by atoms with Gasteiger partial charge in [0.15, 0.2) is 0 Å². The summed E-state index contributed by atoms with van der Waals surface area (Å²) in [6, 6.07) is 7.59. The quantitative estimate of drug-likeness (QED) is 0.812. The van der Waals surface area contributed by atoms with Crippen molar-refractivity contribution < 1.29 is 14.6 Å². The fourth-order valence-electron chi connectivity index (χ4n) is 1.36. The molecule has 1 amide bonds. The molecule has 1 rings (SSSR count). The minimum Gasteiger partial charge on any atom is -0.497 e. The summed E-state index contributed by atoms with van der Waals surface area (Å²) in [6.45, 7) is 3.62. The number of benzene rings is 1. The van der Waals surface area contributed by atoms with Gasteiger partial charge in [0.05, 0.1) is 25.0 Å². The van der Waals surface area contributed by atoms with Crippen molar-refractivity contribution in [2.24, 2.45) is 0 Å². The number of aliphatic hydroxyl groups is 1. The van der Waals surface area contributed by atoms with Gasteiger partial charge in [0.25, 0.3) is 0 Å². The molecule has 1 aromatic rings. The predicted octanol–water partition coefficient (Wildman–Crippen LogP) is 2.02. The van der Waals surface area contributed by atoms with Crippen LogP contribution >= 0.6 is 11.8 Å². The summed E-state index contributed by atoms with van der Waals surface area (Å²) in [6.07, 6.45) is 0. The molecule has 1 aromatic carbocycles. The molecule has 0 saturated heterocycles. The van der Waals surface area contributed by atoms with Gasteiger partial charge in [-0.1, -0.05) is 0 Å². The molecule has 0 atom stereocenters. The molecule has 4 nitrogen and oxygen atoms in total. The van der Waals surface area contributed by atoms with E-state index >= 15 is 0 Å². The smallest absolute Gasteiger partial charge is 0.233 e. The summed E-state index contributed by atoms with van der Waals surface area (Å²) >= 11 is 1.47. The Kier molecular flexibility index (Phi) is 5.69. The first-order chi connectivity index (χ1) is 8.90. The lowest BCUT2D eigenvalue weighted by Crippen LogP contribution is -2.48. The third-order valence-electron chi connectivity index (χ3n) is 3.09. The number of carbonyl (C=O) groups is 1. The highest BCUT2D eigenvalue weighted by atomic mass is 32.2. The van der Waals surface area contributed by atoms with Crippen molar-refractivity contribution in [1.29, 1.82) is 0 Å². The first kappa shape index (κ1) is 15.9. The Hall–Kier alpha value is -1.20. The lowest BCUT2D eigenvalue weighted by atomic mass is 10.1. The van der Waals surface area contributed by atoms with Crippen molar-refractivity contribution >= 4 is 17.7 Å². The molecule has 106 valence electrons. The second-order valence-electron chi connectivity index (χ2n) is 4.89.